The van der Waals surface area contributed by atoms with E-state index in [-0.39, 0.29) is 0 Å². The second-order valence-corrected chi connectivity index (χ2v) is 2.99. The van der Waals surface area contributed by atoms with Gasteiger partial charge < -0.3 is 10.7 Å². The molecule has 62 valence electrons. The van der Waals surface area contributed by atoms with E-state index < -0.39 is 0 Å². The summed E-state index contributed by atoms with van der Waals surface area (Å²) in [6.07, 6.45) is 1.04. The van der Waals surface area contributed by atoms with E-state index >= 15 is 0 Å². The van der Waals surface area contributed by atoms with Crippen molar-refractivity contribution >= 4 is 10.9 Å². The van der Waals surface area contributed by atoms with Crippen molar-refractivity contribution in [3.63, 3.8) is 0 Å². The van der Waals surface area contributed by atoms with Crippen LogP contribution in [0.3, 0.4) is 0 Å². The van der Waals surface area contributed by atoms with E-state index in [0.717, 1.165) is 13.0 Å². The van der Waals surface area contributed by atoms with Crippen molar-refractivity contribution in [2.45, 2.75) is 6.42 Å². The predicted octanol–water partition coefficient (Wildman–Crippen LogP) is 0.952. The molecule has 1 heterocycles. The maximum absolute atomic E-state index is 3.83. The third-order valence-corrected chi connectivity index (χ3v) is 2.03. The van der Waals surface area contributed by atoms with Crippen molar-refractivity contribution in [2.75, 3.05) is 6.54 Å². The fraction of sp³-hybridized carbons (Fsp3) is 0.200. The largest absolute Gasteiger partial charge is 0.358 e. The minimum Gasteiger partial charge on any atom is -0.358 e. The number of hydrogen-bond donors (Lipinski definition) is 2. The Morgan fingerprint density at radius 1 is 1.25 bits per heavy atom. The van der Waals surface area contributed by atoms with Crippen molar-refractivity contribution in [1.29, 1.82) is 0 Å². The van der Waals surface area contributed by atoms with E-state index in [0.29, 0.717) is 0 Å². The van der Waals surface area contributed by atoms with E-state index in [1.165, 1.54) is 16.6 Å². The van der Waals surface area contributed by atoms with Gasteiger partial charge in [0.05, 0.1) is 6.54 Å². The second-order valence-electron chi connectivity index (χ2n) is 2.99. The van der Waals surface area contributed by atoms with Crippen LogP contribution in [0.4, 0.5) is 0 Å². The van der Waals surface area contributed by atoms with Gasteiger partial charge in [0.15, 0.2) is 0 Å². The Morgan fingerprint density at radius 2 is 2.08 bits per heavy atom. The van der Waals surface area contributed by atoms with Crippen LogP contribution in [0.2, 0.25) is 0 Å². The average molecular weight is 161 g/mol. The number of fused-ring (bicyclic) bond motifs is 1. The number of nitrogens with one attached hydrogen (secondary N) is 1. The molecule has 0 radical (unpaired) electrons. The van der Waals surface area contributed by atoms with E-state index in [1.807, 2.05) is 6.07 Å². The fourth-order valence-electron chi connectivity index (χ4n) is 1.46. The Balaban J connectivity index is 2.47. The topological polar surface area (TPSA) is 43.4 Å². The Morgan fingerprint density at radius 3 is 2.83 bits per heavy atom. The molecule has 0 aliphatic carbocycles. The van der Waals surface area contributed by atoms with Crippen LogP contribution in [0.25, 0.3) is 10.9 Å². The van der Waals surface area contributed by atoms with Gasteiger partial charge in [0, 0.05) is 17.6 Å². The molecule has 1 aromatic carbocycles. The van der Waals surface area contributed by atoms with Gasteiger partial charge in [-0.25, -0.2) is 0 Å². The van der Waals surface area contributed by atoms with Gasteiger partial charge in [-0.05, 0) is 17.5 Å². The third kappa shape index (κ3) is 1.21. The molecule has 2 aromatic rings. The summed E-state index contributed by atoms with van der Waals surface area (Å²) in [5.74, 6) is 0. The zero-order valence-electron chi connectivity index (χ0n) is 7.01. The van der Waals surface area contributed by atoms with Gasteiger partial charge >= 0.3 is 0 Å². The number of hydrogen-bond acceptors (Lipinski definition) is 0. The van der Waals surface area contributed by atoms with Crippen LogP contribution >= 0.6 is 0 Å². The summed E-state index contributed by atoms with van der Waals surface area (Å²) in [4.78, 5) is 3.36. The molecule has 0 aliphatic heterocycles. The Bertz CT molecular complexity index is 343. The molecule has 2 heteroatoms. The highest BCUT2D eigenvalue weighted by Gasteiger charge is 1.98. The molecule has 1 aromatic heterocycles. The van der Waals surface area contributed by atoms with Gasteiger partial charge in [-0.2, -0.15) is 0 Å². The highest BCUT2D eigenvalue weighted by Crippen LogP contribution is 2.14. The normalized spacial score (nSPS) is 10.8. The zero-order chi connectivity index (χ0) is 8.39. The lowest BCUT2D eigenvalue weighted by Crippen LogP contribution is -2.51. The molecule has 0 bridgehead atoms. The molecular formula is C10H13N2+. The summed E-state index contributed by atoms with van der Waals surface area (Å²) in [5, 5.41) is 1.29. The minimum atomic E-state index is 0.951. The van der Waals surface area contributed by atoms with Gasteiger partial charge in [0.1, 0.15) is 0 Å². The van der Waals surface area contributed by atoms with Crippen molar-refractivity contribution in [1.82, 2.24) is 4.98 Å². The first kappa shape index (κ1) is 7.37. The number of quaternary nitrogens is 1. The molecule has 0 spiro atoms. The van der Waals surface area contributed by atoms with E-state index in [9.17, 15) is 0 Å². The van der Waals surface area contributed by atoms with Crippen molar-refractivity contribution in [3.05, 3.63) is 36.0 Å². The molecule has 2 rings (SSSR count). The second kappa shape index (κ2) is 2.99. The lowest BCUT2D eigenvalue weighted by molar-refractivity contribution is -0.366. The lowest BCUT2D eigenvalue weighted by atomic mass is 10.2. The molecule has 0 unspecified atom stereocenters. The van der Waals surface area contributed by atoms with E-state index in [4.69, 9.17) is 0 Å². The van der Waals surface area contributed by atoms with Gasteiger partial charge in [-0.3, -0.25) is 0 Å². The summed E-state index contributed by atoms with van der Waals surface area (Å²) in [6, 6.07) is 10.5. The molecule has 0 atom stereocenters. The molecule has 12 heavy (non-hydrogen) atoms. The summed E-state index contributed by atoms with van der Waals surface area (Å²) in [6.45, 7) is 0.951. The van der Waals surface area contributed by atoms with Crippen molar-refractivity contribution < 1.29 is 5.73 Å². The third-order valence-electron chi connectivity index (χ3n) is 2.03. The van der Waals surface area contributed by atoms with Gasteiger partial charge in [-0.1, -0.05) is 18.2 Å². The van der Waals surface area contributed by atoms with E-state index in [1.54, 1.807) is 0 Å². The fourth-order valence-corrected chi connectivity index (χ4v) is 1.46. The average Bonchev–Trinajstić information content (AvgIpc) is 2.47. The van der Waals surface area contributed by atoms with E-state index in [2.05, 4.69) is 35.0 Å². The van der Waals surface area contributed by atoms with Crippen molar-refractivity contribution in [2.24, 2.45) is 0 Å². The van der Waals surface area contributed by atoms with Crippen molar-refractivity contribution in [3.8, 4) is 0 Å². The summed E-state index contributed by atoms with van der Waals surface area (Å²) >= 11 is 0. The maximum atomic E-state index is 3.83. The number of rotatable bonds is 2. The van der Waals surface area contributed by atoms with Crippen LogP contribution in [0, 0.1) is 0 Å². The summed E-state index contributed by atoms with van der Waals surface area (Å²) < 4.78 is 0. The Labute approximate surface area is 71.4 Å². The first-order valence-corrected chi connectivity index (χ1v) is 4.26. The van der Waals surface area contributed by atoms with Crippen LogP contribution in [-0.2, 0) is 6.42 Å². The molecule has 0 saturated carbocycles. The number of aromatic amines is 1. The Kier molecular flexibility index (Phi) is 1.84. The highest BCUT2D eigenvalue weighted by molar-refractivity contribution is 5.80. The monoisotopic (exact) mass is 161 g/mol. The van der Waals surface area contributed by atoms with Crippen LogP contribution in [0.5, 0.6) is 0 Å². The number of para-hydroxylation sites is 1. The molecule has 0 saturated heterocycles. The standard InChI is InChI=1S/C10H12N2/c11-6-5-9-7-8-3-1-2-4-10(8)12-9/h1-4,7,12H,5-6,11H2/p+1. The smallest absolute Gasteiger partial charge is 0.0795 e. The quantitative estimate of drug-likeness (QED) is 0.658. The highest BCUT2D eigenvalue weighted by atomic mass is 14.7. The first-order valence-electron chi connectivity index (χ1n) is 4.26. The number of benzene rings is 1. The van der Waals surface area contributed by atoms with Crippen LogP contribution < -0.4 is 5.73 Å². The summed E-state index contributed by atoms with van der Waals surface area (Å²) in [5.41, 5.74) is 6.34. The lowest BCUT2D eigenvalue weighted by Gasteiger charge is -1.87. The molecule has 2 nitrogen and oxygen atoms in total. The number of aromatic nitrogens is 1. The number of H-pyrrole nitrogens is 1. The SMILES string of the molecule is [NH3+]CCc1cc2ccccc2[nH]1. The minimum absolute atomic E-state index is 0.951. The molecule has 0 fully saturated rings. The van der Waals surface area contributed by atoms with Crippen LogP contribution in [-0.4, -0.2) is 11.5 Å². The van der Waals surface area contributed by atoms with Crippen LogP contribution in [0.15, 0.2) is 30.3 Å². The van der Waals surface area contributed by atoms with Gasteiger partial charge in [0.2, 0.25) is 0 Å². The molecule has 0 amide bonds. The van der Waals surface area contributed by atoms with Crippen LogP contribution in [0.1, 0.15) is 5.69 Å². The Hall–Kier alpha value is -1.28. The summed E-state index contributed by atoms with van der Waals surface area (Å²) in [7, 11) is 0. The predicted molar refractivity (Wildman–Crippen MR) is 49.8 cm³/mol. The zero-order valence-corrected chi connectivity index (χ0v) is 7.01. The molecule has 4 N–H and O–H groups in total. The van der Waals surface area contributed by atoms with Gasteiger partial charge in [0.25, 0.3) is 0 Å². The molecule has 0 aliphatic rings. The molecular weight excluding hydrogens is 148 g/mol. The maximum Gasteiger partial charge on any atom is 0.0795 e. The first-order chi connectivity index (χ1) is 5.90. The van der Waals surface area contributed by atoms with Gasteiger partial charge in [-0.15, -0.1) is 0 Å².